The van der Waals surface area contributed by atoms with Crippen LogP contribution in [0.3, 0.4) is 0 Å². The Hall–Kier alpha value is -1.52. The molecular weight excluding hydrogens is 221 g/mol. The molecule has 16 heavy (non-hydrogen) atoms. The monoisotopic (exact) mass is 232 g/mol. The molecule has 0 bridgehead atoms. The maximum atomic E-state index is 13.4. The number of benzene rings is 1. The zero-order valence-electron chi connectivity index (χ0n) is 8.80. The van der Waals surface area contributed by atoms with Crippen LogP contribution in [0.25, 0.3) is 0 Å². The first-order valence-electron chi connectivity index (χ1n) is 4.72. The number of hydrogen-bond acceptors (Lipinski definition) is 1. The second kappa shape index (κ2) is 4.55. The van der Waals surface area contributed by atoms with Gasteiger partial charge in [0.15, 0.2) is 17.5 Å². The van der Waals surface area contributed by atoms with Crippen LogP contribution in [0.5, 0.6) is 0 Å². The maximum Gasteiger partial charge on any atom is 0.311 e. The average Bonchev–Trinajstić information content (AvgIpc) is 2.17. The SMILES string of the molecule is CC(C)C(C(=O)O)c1ccc(F)c(F)c1F. The minimum atomic E-state index is -1.63. The van der Waals surface area contributed by atoms with E-state index in [1.54, 1.807) is 13.8 Å². The van der Waals surface area contributed by atoms with Gasteiger partial charge in [0.05, 0.1) is 5.92 Å². The van der Waals surface area contributed by atoms with E-state index in [1.807, 2.05) is 0 Å². The first kappa shape index (κ1) is 12.5. The third kappa shape index (κ3) is 2.18. The van der Waals surface area contributed by atoms with E-state index >= 15 is 0 Å². The van der Waals surface area contributed by atoms with E-state index in [0.717, 1.165) is 12.1 Å². The van der Waals surface area contributed by atoms with E-state index in [4.69, 9.17) is 5.11 Å². The van der Waals surface area contributed by atoms with Crippen molar-refractivity contribution in [2.45, 2.75) is 19.8 Å². The minimum Gasteiger partial charge on any atom is -0.481 e. The van der Waals surface area contributed by atoms with Gasteiger partial charge < -0.3 is 5.11 Å². The van der Waals surface area contributed by atoms with E-state index in [2.05, 4.69) is 0 Å². The van der Waals surface area contributed by atoms with Crippen LogP contribution in [0, 0.1) is 23.4 Å². The molecule has 0 spiro atoms. The van der Waals surface area contributed by atoms with Crippen molar-refractivity contribution in [2.75, 3.05) is 0 Å². The fourth-order valence-electron chi connectivity index (χ4n) is 1.56. The molecule has 0 aromatic heterocycles. The lowest BCUT2D eigenvalue weighted by Crippen LogP contribution is -2.19. The highest BCUT2D eigenvalue weighted by atomic mass is 19.2. The Kier molecular flexibility index (Phi) is 3.57. The normalized spacial score (nSPS) is 12.9. The fraction of sp³-hybridized carbons (Fsp3) is 0.364. The first-order valence-corrected chi connectivity index (χ1v) is 4.72. The van der Waals surface area contributed by atoms with Gasteiger partial charge in [-0.15, -0.1) is 0 Å². The van der Waals surface area contributed by atoms with Gasteiger partial charge in [-0.05, 0) is 12.0 Å². The summed E-state index contributed by atoms with van der Waals surface area (Å²) in [7, 11) is 0. The molecule has 1 N–H and O–H groups in total. The number of rotatable bonds is 3. The number of carboxylic acids is 1. The van der Waals surface area contributed by atoms with Crippen LogP contribution in [-0.2, 0) is 4.79 Å². The van der Waals surface area contributed by atoms with Crippen LogP contribution < -0.4 is 0 Å². The third-order valence-corrected chi connectivity index (χ3v) is 2.33. The quantitative estimate of drug-likeness (QED) is 0.813. The van der Waals surface area contributed by atoms with Crippen LogP contribution in [-0.4, -0.2) is 11.1 Å². The van der Waals surface area contributed by atoms with E-state index < -0.39 is 35.3 Å². The summed E-state index contributed by atoms with van der Waals surface area (Å²) in [6, 6.07) is 1.69. The molecule has 0 aliphatic heterocycles. The van der Waals surface area contributed by atoms with Crippen LogP contribution >= 0.6 is 0 Å². The van der Waals surface area contributed by atoms with E-state index in [1.165, 1.54) is 0 Å². The summed E-state index contributed by atoms with van der Waals surface area (Å²) in [6.45, 7) is 3.14. The Morgan fingerprint density at radius 2 is 1.75 bits per heavy atom. The van der Waals surface area contributed by atoms with Crippen molar-refractivity contribution in [3.63, 3.8) is 0 Å². The highest BCUT2D eigenvalue weighted by Crippen LogP contribution is 2.28. The molecule has 88 valence electrons. The highest BCUT2D eigenvalue weighted by molar-refractivity contribution is 5.76. The van der Waals surface area contributed by atoms with Crippen molar-refractivity contribution in [1.82, 2.24) is 0 Å². The van der Waals surface area contributed by atoms with Crippen molar-refractivity contribution < 1.29 is 23.1 Å². The van der Waals surface area contributed by atoms with Gasteiger partial charge in [0.2, 0.25) is 0 Å². The molecule has 1 unspecified atom stereocenters. The molecule has 0 saturated carbocycles. The Morgan fingerprint density at radius 3 is 2.19 bits per heavy atom. The van der Waals surface area contributed by atoms with Crippen LogP contribution in [0.2, 0.25) is 0 Å². The number of halogens is 3. The minimum absolute atomic E-state index is 0.332. The van der Waals surface area contributed by atoms with Gasteiger partial charge in [-0.25, -0.2) is 13.2 Å². The number of carbonyl (C=O) groups is 1. The molecule has 1 aromatic rings. The summed E-state index contributed by atoms with van der Waals surface area (Å²) in [5.74, 6) is -7.26. The second-order valence-electron chi connectivity index (χ2n) is 3.82. The van der Waals surface area contributed by atoms with Gasteiger partial charge >= 0.3 is 5.97 Å². The molecule has 0 saturated heterocycles. The zero-order valence-corrected chi connectivity index (χ0v) is 8.80. The summed E-state index contributed by atoms with van der Waals surface area (Å²) < 4.78 is 39.0. The fourth-order valence-corrected chi connectivity index (χ4v) is 1.56. The number of hydrogen-bond donors (Lipinski definition) is 1. The molecule has 5 heteroatoms. The molecule has 0 fully saturated rings. The van der Waals surface area contributed by atoms with Crippen LogP contribution in [0.1, 0.15) is 25.3 Å². The smallest absolute Gasteiger partial charge is 0.311 e. The van der Waals surface area contributed by atoms with Crippen molar-refractivity contribution in [2.24, 2.45) is 5.92 Å². The van der Waals surface area contributed by atoms with Crippen LogP contribution in [0.4, 0.5) is 13.2 Å². The van der Waals surface area contributed by atoms with Gasteiger partial charge in [-0.1, -0.05) is 19.9 Å². The van der Waals surface area contributed by atoms with Gasteiger partial charge in [-0.3, -0.25) is 4.79 Å². The van der Waals surface area contributed by atoms with Crippen molar-refractivity contribution >= 4 is 5.97 Å². The number of carboxylic acid groups (broad SMARTS) is 1. The Balaban J connectivity index is 3.31. The molecule has 0 heterocycles. The molecule has 0 amide bonds. The Morgan fingerprint density at radius 1 is 1.19 bits per heavy atom. The molecule has 0 aliphatic carbocycles. The largest absolute Gasteiger partial charge is 0.481 e. The Labute approximate surface area is 90.7 Å². The van der Waals surface area contributed by atoms with Gasteiger partial charge in [0, 0.05) is 5.56 Å². The standard InChI is InChI=1S/C11H11F3O2/c1-5(2)8(11(15)16)6-3-4-7(12)10(14)9(6)13/h3-5,8H,1-2H3,(H,15,16). The van der Waals surface area contributed by atoms with Crippen molar-refractivity contribution in [1.29, 1.82) is 0 Å². The second-order valence-corrected chi connectivity index (χ2v) is 3.82. The van der Waals surface area contributed by atoms with Gasteiger partial charge in [0.25, 0.3) is 0 Å². The van der Waals surface area contributed by atoms with Crippen molar-refractivity contribution in [3.05, 3.63) is 35.1 Å². The lowest BCUT2D eigenvalue weighted by atomic mass is 9.88. The Bertz CT molecular complexity index is 416. The third-order valence-electron chi connectivity index (χ3n) is 2.33. The predicted molar refractivity (Wildman–Crippen MR) is 51.5 cm³/mol. The molecule has 0 radical (unpaired) electrons. The van der Waals surface area contributed by atoms with Gasteiger partial charge in [0.1, 0.15) is 0 Å². The predicted octanol–water partition coefficient (Wildman–Crippen LogP) is 2.93. The zero-order chi connectivity index (χ0) is 12.5. The summed E-state index contributed by atoms with van der Waals surface area (Å²) in [5.41, 5.74) is -0.332. The number of aliphatic carboxylic acids is 1. The van der Waals surface area contributed by atoms with Crippen LogP contribution in [0.15, 0.2) is 12.1 Å². The highest BCUT2D eigenvalue weighted by Gasteiger charge is 2.28. The molecule has 2 nitrogen and oxygen atoms in total. The molecule has 0 aliphatic rings. The molecular formula is C11H11F3O2. The topological polar surface area (TPSA) is 37.3 Å². The van der Waals surface area contributed by atoms with E-state index in [0.29, 0.717) is 0 Å². The summed E-state index contributed by atoms with van der Waals surface area (Å²) in [4.78, 5) is 10.9. The van der Waals surface area contributed by atoms with E-state index in [-0.39, 0.29) is 5.56 Å². The molecule has 1 atom stereocenters. The lowest BCUT2D eigenvalue weighted by Gasteiger charge is -2.17. The van der Waals surface area contributed by atoms with Crippen molar-refractivity contribution in [3.8, 4) is 0 Å². The lowest BCUT2D eigenvalue weighted by molar-refractivity contribution is -0.140. The van der Waals surface area contributed by atoms with Gasteiger partial charge in [-0.2, -0.15) is 0 Å². The summed E-state index contributed by atoms with van der Waals surface area (Å²) >= 11 is 0. The molecule has 1 aromatic carbocycles. The summed E-state index contributed by atoms with van der Waals surface area (Å²) in [5, 5.41) is 8.90. The average molecular weight is 232 g/mol. The summed E-state index contributed by atoms with van der Waals surface area (Å²) in [6.07, 6.45) is 0. The molecule has 1 rings (SSSR count). The first-order chi connectivity index (χ1) is 7.36. The maximum absolute atomic E-state index is 13.4. The van der Waals surface area contributed by atoms with E-state index in [9.17, 15) is 18.0 Å².